The van der Waals surface area contributed by atoms with Gasteiger partial charge in [-0.3, -0.25) is 4.79 Å². The summed E-state index contributed by atoms with van der Waals surface area (Å²) in [6.45, 7) is 9.08. The molecule has 0 radical (unpaired) electrons. The zero-order valence-electron chi connectivity index (χ0n) is 29.8. The number of anilines is 1. The van der Waals surface area contributed by atoms with Gasteiger partial charge in [0.15, 0.2) is 11.2 Å². The van der Waals surface area contributed by atoms with Crippen molar-refractivity contribution in [2.75, 3.05) is 32.1 Å². The van der Waals surface area contributed by atoms with Gasteiger partial charge in [0.05, 0.1) is 25.1 Å². The summed E-state index contributed by atoms with van der Waals surface area (Å²) in [6, 6.07) is 7.62. The molecule has 49 heavy (non-hydrogen) atoms. The lowest BCUT2D eigenvalue weighted by Gasteiger charge is -2.24. The van der Waals surface area contributed by atoms with Crippen molar-refractivity contribution in [1.82, 2.24) is 29.9 Å². The quantitative estimate of drug-likeness (QED) is 0.118. The fraction of sp³-hybridized carbons (Fsp3) is 0.568. The van der Waals surface area contributed by atoms with Crippen LogP contribution < -0.4 is 10.1 Å². The first-order valence-corrected chi connectivity index (χ1v) is 17.7. The van der Waals surface area contributed by atoms with E-state index in [9.17, 15) is 9.59 Å². The fourth-order valence-electron chi connectivity index (χ4n) is 5.52. The molecule has 0 aliphatic heterocycles. The molecule has 0 saturated carbocycles. The maximum atomic E-state index is 12.2. The summed E-state index contributed by atoms with van der Waals surface area (Å²) in [7, 11) is 1.80. The van der Waals surface area contributed by atoms with Gasteiger partial charge in [0.25, 0.3) is 0 Å². The second kappa shape index (κ2) is 18.9. The van der Waals surface area contributed by atoms with Crippen molar-refractivity contribution in [3.63, 3.8) is 0 Å². The Balaban J connectivity index is 1.33. The summed E-state index contributed by atoms with van der Waals surface area (Å²) in [5.41, 5.74) is 2.51. The van der Waals surface area contributed by atoms with E-state index in [1.165, 1.54) is 12.8 Å². The van der Waals surface area contributed by atoms with E-state index in [1.807, 2.05) is 52.0 Å². The molecule has 1 unspecified atom stereocenters. The summed E-state index contributed by atoms with van der Waals surface area (Å²) < 4.78 is 18.0. The average molecular weight is 676 g/mol. The molecule has 0 bridgehead atoms. The van der Waals surface area contributed by atoms with Gasteiger partial charge >= 0.3 is 12.1 Å². The van der Waals surface area contributed by atoms with E-state index in [1.54, 1.807) is 22.8 Å². The zero-order chi connectivity index (χ0) is 35.1. The number of allylic oxidation sites excluding steroid dienone is 3. The van der Waals surface area contributed by atoms with Gasteiger partial charge < -0.3 is 24.4 Å². The number of benzene rings is 1. The molecule has 0 saturated heterocycles. The lowest BCUT2D eigenvalue weighted by atomic mass is 9.94. The molecule has 12 heteroatoms. The van der Waals surface area contributed by atoms with Crippen molar-refractivity contribution in [3.05, 3.63) is 54.4 Å². The van der Waals surface area contributed by atoms with Gasteiger partial charge in [-0.05, 0) is 109 Å². The molecule has 1 aromatic carbocycles. The largest absolute Gasteiger partial charge is 0.494 e. The number of amides is 1. The topological polar surface area (TPSA) is 134 Å². The predicted octanol–water partition coefficient (Wildman–Crippen LogP) is 7.79. The summed E-state index contributed by atoms with van der Waals surface area (Å²) in [4.78, 5) is 34.7. The number of hydrogen-bond donors (Lipinski definition) is 1. The number of fused-ring (bicyclic) bond motifs is 1. The van der Waals surface area contributed by atoms with Crippen LogP contribution in [-0.2, 0) is 14.3 Å². The molecular formula is C37H53N7O5. The Hall–Kier alpha value is -4.48. The lowest BCUT2D eigenvalue weighted by Crippen LogP contribution is -2.34. The molecule has 1 N–H and O–H groups in total. The third-order valence-corrected chi connectivity index (χ3v) is 8.06. The van der Waals surface area contributed by atoms with E-state index in [0.717, 1.165) is 68.5 Å². The third-order valence-electron chi connectivity index (χ3n) is 8.06. The summed E-state index contributed by atoms with van der Waals surface area (Å²) >= 11 is 0. The Morgan fingerprint density at radius 3 is 2.65 bits per heavy atom. The maximum Gasteiger partial charge on any atom is 0.410 e. The molecule has 266 valence electrons. The van der Waals surface area contributed by atoms with Crippen LogP contribution in [-0.4, -0.2) is 74.3 Å². The van der Waals surface area contributed by atoms with E-state index in [2.05, 4.69) is 38.8 Å². The highest BCUT2D eigenvalue weighted by Crippen LogP contribution is 2.24. The molecule has 2 aromatic heterocycles. The average Bonchev–Trinajstić information content (AvgIpc) is 3.52. The van der Waals surface area contributed by atoms with Gasteiger partial charge in [0.1, 0.15) is 11.4 Å². The lowest BCUT2D eigenvalue weighted by molar-refractivity contribution is -0.143. The molecule has 12 nitrogen and oxygen atoms in total. The standard InChI is InChI=1S/C37H53N7O5/c1-6-47-33(45)19-13-15-25-48-31-22-20-30(21-23-31)44-34-32(41-42-44)27-38-35(40-34)39-29-18-12-8-7-10-16-28(26-29)17-11-9-14-24-43(5)36(46)49-37(2,3)4/h12,18,20-23,26-28H,6-11,13-17,19,24-25H2,1-5H3,(H,38,39,40)/b18-12-,29-26+. The van der Waals surface area contributed by atoms with Gasteiger partial charge in [-0.2, -0.15) is 9.67 Å². The number of aromatic nitrogens is 5. The summed E-state index contributed by atoms with van der Waals surface area (Å²) in [6.07, 6.45) is 18.7. The molecule has 0 fully saturated rings. The normalized spacial score (nSPS) is 16.8. The highest BCUT2D eigenvalue weighted by Gasteiger charge is 2.19. The predicted molar refractivity (Wildman–Crippen MR) is 191 cm³/mol. The van der Waals surface area contributed by atoms with Crippen LogP contribution in [0.4, 0.5) is 10.7 Å². The van der Waals surface area contributed by atoms with E-state index in [-0.39, 0.29) is 12.1 Å². The van der Waals surface area contributed by atoms with Crippen molar-refractivity contribution < 1.29 is 23.8 Å². The minimum atomic E-state index is -0.484. The number of unbranched alkanes of at least 4 members (excludes halogenated alkanes) is 3. The molecule has 1 aliphatic carbocycles. The van der Waals surface area contributed by atoms with Crippen LogP contribution in [0.25, 0.3) is 16.9 Å². The minimum Gasteiger partial charge on any atom is -0.494 e. The summed E-state index contributed by atoms with van der Waals surface area (Å²) in [5.74, 6) is 1.49. The number of carbonyl (C=O) groups is 2. The van der Waals surface area contributed by atoms with Crippen LogP contribution in [0, 0.1) is 5.92 Å². The second-order valence-corrected chi connectivity index (χ2v) is 13.5. The van der Waals surface area contributed by atoms with Crippen molar-refractivity contribution in [2.45, 2.75) is 104 Å². The van der Waals surface area contributed by atoms with Crippen LogP contribution in [0.5, 0.6) is 5.75 Å². The van der Waals surface area contributed by atoms with Gasteiger partial charge in [-0.25, -0.2) is 9.78 Å². The molecule has 3 aromatic rings. The monoisotopic (exact) mass is 675 g/mol. The van der Waals surface area contributed by atoms with Crippen LogP contribution in [0.2, 0.25) is 0 Å². The third kappa shape index (κ3) is 12.8. The molecule has 0 spiro atoms. The van der Waals surface area contributed by atoms with Gasteiger partial charge in [-0.15, -0.1) is 5.10 Å². The Morgan fingerprint density at radius 1 is 1.06 bits per heavy atom. The second-order valence-electron chi connectivity index (χ2n) is 13.5. The van der Waals surface area contributed by atoms with Crippen LogP contribution >= 0.6 is 0 Å². The van der Waals surface area contributed by atoms with E-state index >= 15 is 0 Å². The smallest absolute Gasteiger partial charge is 0.410 e. The highest BCUT2D eigenvalue weighted by atomic mass is 16.6. The van der Waals surface area contributed by atoms with Crippen LogP contribution in [0.3, 0.4) is 0 Å². The fourth-order valence-corrected chi connectivity index (χ4v) is 5.52. The number of nitrogens with one attached hydrogen (secondary N) is 1. The molecule has 4 rings (SSSR count). The SMILES string of the molecule is CCOC(=O)CCCCOc1ccc(-n2nnc3cnc(NC4=C/C(CCCCCN(C)C(=O)OC(C)(C)C)CCCC/C=C\4)nc32)cc1. The number of ether oxygens (including phenoxy) is 3. The van der Waals surface area contributed by atoms with E-state index in [0.29, 0.717) is 49.2 Å². The van der Waals surface area contributed by atoms with E-state index in [4.69, 9.17) is 19.2 Å². The Labute approximate surface area is 290 Å². The maximum absolute atomic E-state index is 12.2. The number of rotatable bonds is 16. The van der Waals surface area contributed by atoms with Crippen molar-refractivity contribution in [1.29, 1.82) is 0 Å². The van der Waals surface area contributed by atoms with E-state index < -0.39 is 5.60 Å². The van der Waals surface area contributed by atoms with Gasteiger partial charge in [0, 0.05) is 25.7 Å². The minimum absolute atomic E-state index is 0.170. The Bertz CT molecular complexity index is 1540. The summed E-state index contributed by atoms with van der Waals surface area (Å²) in [5, 5.41) is 12.1. The van der Waals surface area contributed by atoms with Crippen molar-refractivity contribution >= 4 is 29.2 Å². The number of hydrogen-bond acceptors (Lipinski definition) is 10. The first-order valence-electron chi connectivity index (χ1n) is 17.7. The highest BCUT2D eigenvalue weighted by molar-refractivity contribution is 5.72. The Morgan fingerprint density at radius 2 is 1.88 bits per heavy atom. The number of nitrogens with zero attached hydrogens (tertiary/aromatic N) is 6. The number of carbonyl (C=O) groups excluding carboxylic acids is 2. The van der Waals surface area contributed by atoms with Crippen LogP contribution in [0.15, 0.2) is 54.4 Å². The van der Waals surface area contributed by atoms with Crippen molar-refractivity contribution in [2.24, 2.45) is 5.92 Å². The number of esters is 1. The van der Waals surface area contributed by atoms with Gasteiger partial charge in [0.2, 0.25) is 5.95 Å². The van der Waals surface area contributed by atoms with Crippen molar-refractivity contribution in [3.8, 4) is 11.4 Å². The molecule has 1 atom stereocenters. The zero-order valence-corrected chi connectivity index (χ0v) is 29.8. The Kier molecular flexibility index (Phi) is 14.4. The van der Waals surface area contributed by atoms with Gasteiger partial charge in [-0.1, -0.05) is 36.6 Å². The first kappa shape index (κ1) is 37.3. The first-order chi connectivity index (χ1) is 23.6. The van der Waals surface area contributed by atoms with Crippen LogP contribution in [0.1, 0.15) is 98.3 Å². The molecule has 1 amide bonds. The molecule has 1 aliphatic rings. The molecular weight excluding hydrogens is 622 g/mol. The molecule has 2 heterocycles.